The third kappa shape index (κ3) is 4.04. The van der Waals surface area contributed by atoms with Crippen LogP contribution in [-0.2, 0) is 9.59 Å². The SMILES string of the molecule is COc1ccc2c(c1)OC1(CCN(C(=O)C3CC(=O)N(C(C)c4ccccc4)C3)CC1)CC2=O. The molecule has 7 heteroatoms. The molecule has 2 saturated heterocycles. The summed E-state index contributed by atoms with van der Waals surface area (Å²) in [4.78, 5) is 42.5. The van der Waals surface area contributed by atoms with Gasteiger partial charge in [-0.1, -0.05) is 30.3 Å². The fourth-order valence-electron chi connectivity index (χ4n) is 5.46. The zero-order valence-electron chi connectivity index (χ0n) is 19.7. The summed E-state index contributed by atoms with van der Waals surface area (Å²) in [5.41, 5.74) is 1.06. The molecule has 3 heterocycles. The second-order valence-electron chi connectivity index (χ2n) is 9.61. The Labute approximate surface area is 199 Å². The van der Waals surface area contributed by atoms with Crippen LogP contribution in [0.3, 0.4) is 0 Å². The van der Waals surface area contributed by atoms with Crippen molar-refractivity contribution >= 4 is 17.6 Å². The highest BCUT2D eigenvalue weighted by Gasteiger charge is 2.46. The van der Waals surface area contributed by atoms with Gasteiger partial charge in [0.15, 0.2) is 5.78 Å². The first-order valence-electron chi connectivity index (χ1n) is 11.9. The van der Waals surface area contributed by atoms with Crippen molar-refractivity contribution < 1.29 is 23.9 Å². The van der Waals surface area contributed by atoms with Crippen molar-refractivity contribution in [3.63, 3.8) is 0 Å². The summed E-state index contributed by atoms with van der Waals surface area (Å²) in [6, 6.07) is 15.1. The number of nitrogens with zero attached hydrogens (tertiary/aromatic N) is 2. The molecular formula is C27H30N2O5. The Morgan fingerprint density at radius 2 is 1.85 bits per heavy atom. The van der Waals surface area contributed by atoms with Crippen molar-refractivity contribution in [2.75, 3.05) is 26.7 Å². The fraction of sp³-hybridized carbons (Fsp3) is 0.444. The zero-order valence-corrected chi connectivity index (χ0v) is 19.7. The number of ketones is 1. The molecule has 34 heavy (non-hydrogen) atoms. The summed E-state index contributed by atoms with van der Waals surface area (Å²) in [7, 11) is 1.59. The van der Waals surface area contributed by atoms with Crippen LogP contribution in [0.15, 0.2) is 48.5 Å². The maximum Gasteiger partial charge on any atom is 0.227 e. The van der Waals surface area contributed by atoms with E-state index in [1.807, 2.05) is 47.1 Å². The molecule has 0 radical (unpaired) electrons. The van der Waals surface area contributed by atoms with Crippen molar-refractivity contribution in [2.24, 2.45) is 5.92 Å². The second kappa shape index (κ2) is 8.78. The minimum Gasteiger partial charge on any atom is -0.497 e. The van der Waals surface area contributed by atoms with Crippen LogP contribution in [0.2, 0.25) is 0 Å². The van der Waals surface area contributed by atoms with Gasteiger partial charge >= 0.3 is 0 Å². The summed E-state index contributed by atoms with van der Waals surface area (Å²) >= 11 is 0. The predicted octanol–water partition coefficient (Wildman–Crippen LogP) is 3.63. The van der Waals surface area contributed by atoms with Crippen molar-refractivity contribution in [3.05, 3.63) is 59.7 Å². The standard InChI is InChI=1S/C27H30N2O5/c1-18(19-6-4-3-5-7-19)29-17-20(14-25(29)31)26(32)28-12-10-27(11-13-28)16-23(30)22-9-8-21(33-2)15-24(22)34-27/h3-9,15,18,20H,10-14,16-17H2,1-2H3. The van der Waals surface area contributed by atoms with E-state index in [2.05, 4.69) is 0 Å². The van der Waals surface area contributed by atoms with Crippen molar-refractivity contribution in [1.82, 2.24) is 9.80 Å². The average molecular weight is 463 g/mol. The highest BCUT2D eigenvalue weighted by Crippen LogP contribution is 2.41. The van der Waals surface area contributed by atoms with Crippen molar-refractivity contribution in [1.29, 1.82) is 0 Å². The van der Waals surface area contributed by atoms with Gasteiger partial charge < -0.3 is 19.3 Å². The molecule has 2 atom stereocenters. The number of methoxy groups -OCH3 is 1. The van der Waals surface area contributed by atoms with Crippen LogP contribution in [0.25, 0.3) is 0 Å². The van der Waals surface area contributed by atoms with Gasteiger partial charge in [-0.15, -0.1) is 0 Å². The predicted molar refractivity (Wildman–Crippen MR) is 126 cm³/mol. The number of Topliss-reactive ketones (excluding diaryl/α,β-unsaturated/α-hetero) is 1. The van der Waals surface area contributed by atoms with Crippen LogP contribution >= 0.6 is 0 Å². The first-order chi connectivity index (χ1) is 16.4. The molecule has 2 fully saturated rings. The number of hydrogen-bond donors (Lipinski definition) is 0. The summed E-state index contributed by atoms with van der Waals surface area (Å²) in [5.74, 6) is 0.992. The number of carbonyl (C=O) groups is 3. The van der Waals surface area contributed by atoms with Crippen LogP contribution in [0.4, 0.5) is 0 Å². The lowest BCUT2D eigenvalue weighted by molar-refractivity contribution is -0.139. The van der Waals surface area contributed by atoms with Gasteiger partial charge in [0.2, 0.25) is 11.8 Å². The third-order valence-electron chi connectivity index (χ3n) is 7.54. The smallest absolute Gasteiger partial charge is 0.227 e. The zero-order chi connectivity index (χ0) is 23.9. The molecule has 0 N–H and O–H groups in total. The van der Waals surface area contributed by atoms with Crippen LogP contribution in [0.5, 0.6) is 11.5 Å². The van der Waals surface area contributed by atoms with E-state index in [9.17, 15) is 14.4 Å². The number of ether oxygens (including phenoxy) is 2. The Hall–Kier alpha value is -3.35. The largest absolute Gasteiger partial charge is 0.497 e. The van der Waals surface area contributed by atoms with Crippen LogP contribution in [0.1, 0.15) is 54.6 Å². The first kappa shape index (κ1) is 22.4. The number of fused-ring (bicyclic) bond motifs is 1. The van der Waals surface area contributed by atoms with Gasteiger partial charge in [0, 0.05) is 45.0 Å². The molecule has 2 amide bonds. The molecule has 2 aromatic carbocycles. The Morgan fingerprint density at radius 1 is 1.12 bits per heavy atom. The lowest BCUT2D eigenvalue weighted by Crippen LogP contribution is -2.53. The molecule has 3 aliphatic heterocycles. The van der Waals surface area contributed by atoms with Gasteiger partial charge in [0.25, 0.3) is 0 Å². The molecule has 0 aliphatic carbocycles. The molecule has 178 valence electrons. The van der Waals surface area contributed by atoms with E-state index in [1.165, 1.54) is 0 Å². The molecule has 3 aliphatic rings. The number of piperidine rings is 1. The van der Waals surface area contributed by atoms with Crippen LogP contribution in [-0.4, -0.2) is 59.7 Å². The number of benzene rings is 2. The van der Waals surface area contributed by atoms with E-state index >= 15 is 0 Å². The number of hydrogen-bond acceptors (Lipinski definition) is 5. The molecule has 0 aromatic heterocycles. The molecule has 0 bridgehead atoms. The monoisotopic (exact) mass is 462 g/mol. The van der Waals surface area contributed by atoms with E-state index in [4.69, 9.17) is 9.47 Å². The van der Waals surface area contributed by atoms with E-state index in [0.717, 1.165) is 5.56 Å². The summed E-state index contributed by atoms with van der Waals surface area (Å²) in [5, 5.41) is 0. The Bertz CT molecular complexity index is 1110. The molecule has 2 aromatic rings. The van der Waals surface area contributed by atoms with E-state index < -0.39 is 5.60 Å². The normalized spacial score (nSPS) is 22.4. The molecule has 5 rings (SSSR count). The van der Waals surface area contributed by atoms with Gasteiger partial charge in [-0.25, -0.2) is 0 Å². The molecule has 1 spiro atoms. The lowest BCUT2D eigenvalue weighted by atomic mass is 9.82. The number of carbonyl (C=O) groups excluding carboxylic acids is 3. The maximum atomic E-state index is 13.3. The molecule has 7 nitrogen and oxygen atoms in total. The third-order valence-corrected chi connectivity index (χ3v) is 7.54. The Kier molecular flexibility index (Phi) is 5.80. The van der Waals surface area contributed by atoms with Crippen LogP contribution < -0.4 is 9.47 Å². The Morgan fingerprint density at radius 3 is 2.56 bits per heavy atom. The minimum atomic E-state index is -0.591. The number of rotatable bonds is 4. The highest BCUT2D eigenvalue weighted by molar-refractivity contribution is 6.00. The summed E-state index contributed by atoms with van der Waals surface area (Å²) in [6.07, 6.45) is 1.75. The second-order valence-corrected chi connectivity index (χ2v) is 9.61. The summed E-state index contributed by atoms with van der Waals surface area (Å²) < 4.78 is 11.6. The number of likely N-dealkylation sites (tertiary alicyclic amines) is 2. The lowest BCUT2D eigenvalue weighted by Gasteiger charge is -2.44. The summed E-state index contributed by atoms with van der Waals surface area (Å²) in [6.45, 7) is 3.49. The van der Waals surface area contributed by atoms with Gasteiger partial charge in [0.05, 0.1) is 31.1 Å². The van der Waals surface area contributed by atoms with Gasteiger partial charge in [-0.2, -0.15) is 0 Å². The van der Waals surface area contributed by atoms with Crippen molar-refractivity contribution in [2.45, 2.75) is 44.2 Å². The average Bonchev–Trinajstić information content (AvgIpc) is 3.25. The van der Waals surface area contributed by atoms with Crippen molar-refractivity contribution in [3.8, 4) is 11.5 Å². The van der Waals surface area contributed by atoms with Gasteiger partial charge in [0.1, 0.15) is 17.1 Å². The van der Waals surface area contributed by atoms with Gasteiger partial charge in [-0.3, -0.25) is 14.4 Å². The quantitative estimate of drug-likeness (QED) is 0.694. The number of amides is 2. The van der Waals surface area contributed by atoms with Gasteiger partial charge in [-0.05, 0) is 24.6 Å². The van der Waals surface area contributed by atoms with E-state index in [1.54, 1.807) is 25.3 Å². The molecule has 2 unspecified atom stereocenters. The van der Waals surface area contributed by atoms with E-state index in [0.29, 0.717) is 56.0 Å². The fourth-order valence-corrected chi connectivity index (χ4v) is 5.46. The highest BCUT2D eigenvalue weighted by atomic mass is 16.5. The minimum absolute atomic E-state index is 0.0231. The Balaban J connectivity index is 1.23. The van der Waals surface area contributed by atoms with E-state index in [-0.39, 0.29) is 36.0 Å². The first-order valence-corrected chi connectivity index (χ1v) is 11.9. The maximum absolute atomic E-state index is 13.3. The molecule has 0 saturated carbocycles. The topological polar surface area (TPSA) is 76.2 Å². The molecular weight excluding hydrogens is 432 g/mol. The van der Waals surface area contributed by atoms with Crippen LogP contribution in [0, 0.1) is 5.92 Å².